The van der Waals surface area contributed by atoms with Gasteiger partial charge in [0.05, 0.1) is 13.0 Å². The summed E-state index contributed by atoms with van der Waals surface area (Å²) in [6.45, 7) is 21.1. The molecule has 0 aliphatic rings. The molecule has 0 spiro atoms. The lowest BCUT2D eigenvalue weighted by molar-refractivity contribution is -0.146. The SMILES string of the molecule is CCOC(=O)CCNC(=O)C(c1ccc(C)c(C)c1)N(C(=O)C(NC(=O)OC(C)(C)C)C(C)C)C(C)CCC(C)C. The molecule has 3 unspecified atom stereocenters. The van der Waals surface area contributed by atoms with Crippen molar-refractivity contribution in [2.75, 3.05) is 13.2 Å². The van der Waals surface area contributed by atoms with Crippen LogP contribution in [0.25, 0.3) is 0 Å². The first-order chi connectivity index (χ1) is 19.0. The summed E-state index contributed by atoms with van der Waals surface area (Å²) < 4.78 is 10.5. The largest absolute Gasteiger partial charge is 0.466 e. The second kappa shape index (κ2) is 16.4. The molecule has 232 valence electrons. The smallest absolute Gasteiger partial charge is 0.408 e. The fourth-order valence-electron chi connectivity index (χ4n) is 4.41. The third kappa shape index (κ3) is 12.1. The van der Waals surface area contributed by atoms with Crippen molar-refractivity contribution >= 4 is 23.9 Å². The number of carbonyl (C=O) groups excluding carboxylic acids is 4. The Bertz CT molecular complexity index is 1030. The highest BCUT2D eigenvalue weighted by atomic mass is 16.6. The maximum Gasteiger partial charge on any atom is 0.408 e. The van der Waals surface area contributed by atoms with Gasteiger partial charge in [0, 0.05) is 12.6 Å². The fourth-order valence-corrected chi connectivity index (χ4v) is 4.41. The predicted octanol–water partition coefficient (Wildman–Crippen LogP) is 5.62. The lowest BCUT2D eigenvalue weighted by Gasteiger charge is -2.39. The minimum Gasteiger partial charge on any atom is -0.466 e. The second-order valence-electron chi connectivity index (χ2n) is 12.5. The van der Waals surface area contributed by atoms with Crippen LogP contribution in [0.2, 0.25) is 0 Å². The van der Waals surface area contributed by atoms with E-state index in [1.54, 1.807) is 32.6 Å². The van der Waals surface area contributed by atoms with Crippen LogP contribution < -0.4 is 10.6 Å². The zero-order chi connectivity index (χ0) is 31.5. The van der Waals surface area contributed by atoms with Gasteiger partial charge in [-0.1, -0.05) is 45.9 Å². The third-order valence-corrected chi connectivity index (χ3v) is 6.80. The molecular weight excluding hydrogens is 522 g/mol. The Labute approximate surface area is 247 Å². The summed E-state index contributed by atoms with van der Waals surface area (Å²) in [5.41, 5.74) is 1.97. The molecule has 0 saturated carbocycles. The van der Waals surface area contributed by atoms with Crippen molar-refractivity contribution in [1.82, 2.24) is 15.5 Å². The van der Waals surface area contributed by atoms with E-state index in [9.17, 15) is 19.2 Å². The molecule has 2 N–H and O–H groups in total. The van der Waals surface area contributed by atoms with Crippen LogP contribution in [0.3, 0.4) is 0 Å². The van der Waals surface area contributed by atoms with Crippen molar-refractivity contribution in [2.45, 2.75) is 119 Å². The van der Waals surface area contributed by atoms with E-state index in [1.807, 2.05) is 52.8 Å². The van der Waals surface area contributed by atoms with Gasteiger partial charge in [0.1, 0.15) is 17.7 Å². The number of ether oxygens (including phenoxy) is 2. The molecule has 1 rings (SSSR count). The first kappa shape index (κ1) is 35.9. The number of alkyl carbamates (subject to hydrolysis) is 1. The number of nitrogens with zero attached hydrogens (tertiary/aromatic N) is 1. The molecule has 0 saturated heterocycles. The topological polar surface area (TPSA) is 114 Å². The number of carbonyl (C=O) groups is 4. The zero-order valence-electron chi connectivity index (χ0n) is 27.1. The van der Waals surface area contributed by atoms with Crippen LogP contribution in [0.5, 0.6) is 0 Å². The number of rotatable bonds is 14. The molecule has 0 radical (unpaired) electrons. The standard InChI is InChI=1S/C32H53N3O6/c1-12-40-26(36)17-18-33-29(37)28(25-16-14-22(6)23(7)19-25)35(24(8)15-13-20(2)3)30(38)27(21(4)5)34-31(39)41-32(9,10)11/h14,16,19-21,24,27-28H,12-13,15,17-18H2,1-11H3,(H,33,37)(H,34,39). The molecule has 3 amide bonds. The Balaban J connectivity index is 3.60. The first-order valence-electron chi connectivity index (χ1n) is 14.8. The van der Waals surface area contributed by atoms with E-state index in [0.29, 0.717) is 17.9 Å². The maximum absolute atomic E-state index is 14.4. The monoisotopic (exact) mass is 575 g/mol. The molecule has 41 heavy (non-hydrogen) atoms. The molecule has 0 bridgehead atoms. The third-order valence-electron chi connectivity index (χ3n) is 6.80. The molecule has 1 aromatic carbocycles. The summed E-state index contributed by atoms with van der Waals surface area (Å²) >= 11 is 0. The quantitative estimate of drug-likeness (QED) is 0.279. The van der Waals surface area contributed by atoms with Gasteiger partial charge in [-0.05, 0) is 89.8 Å². The van der Waals surface area contributed by atoms with Gasteiger partial charge in [-0.3, -0.25) is 14.4 Å². The van der Waals surface area contributed by atoms with Gasteiger partial charge in [0.2, 0.25) is 11.8 Å². The van der Waals surface area contributed by atoms with Crippen molar-refractivity contribution in [3.8, 4) is 0 Å². The van der Waals surface area contributed by atoms with E-state index in [4.69, 9.17) is 9.47 Å². The molecule has 1 aromatic rings. The van der Waals surface area contributed by atoms with Gasteiger partial charge in [-0.15, -0.1) is 0 Å². The van der Waals surface area contributed by atoms with Gasteiger partial charge >= 0.3 is 12.1 Å². The molecular formula is C32H53N3O6. The fraction of sp³-hybridized carbons (Fsp3) is 0.688. The van der Waals surface area contributed by atoms with Gasteiger partial charge in [-0.25, -0.2) is 4.79 Å². The van der Waals surface area contributed by atoms with E-state index >= 15 is 0 Å². The molecule has 0 aliphatic heterocycles. The number of nitrogens with one attached hydrogen (secondary N) is 2. The molecule has 0 aromatic heterocycles. The number of esters is 1. The molecule has 9 nitrogen and oxygen atoms in total. The molecule has 0 fully saturated rings. The Morgan fingerprint density at radius 1 is 0.951 bits per heavy atom. The van der Waals surface area contributed by atoms with Crippen molar-refractivity contribution in [3.63, 3.8) is 0 Å². The summed E-state index contributed by atoms with van der Waals surface area (Å²) in [7, 11) is 0. The lowest BCUT2D eigenvalue weighted by Crippen LogP contribution is -2.57. The van der Waals surface area contributed by atoms with Crippen molar-refractivity contribution in [1.29, 1.82) is 0 Å². The van der Waals surface area contributed by atoms with E-state index in [2.05, 4.69) is 24.5 Å². The average Bonchev–Trinajstić information content (AvgIpc) is 2.84. The predicted molar refractivity (Wildman–Crippen MR) is 161 cm³/mol. The van der Waals surface area contributed by atoms with Crippen molar-refractivity contribution in [3.05, 3.63) is 34.9 Å². The minimum absolute atomic E-state index is 0.0187. The van der Waals surface area contributed by atoms with E-state index in [0.717, 1.165) is 17.5 Å². The van der Waals surface area contributed by atoms with Crippen LogP contribution in [-0.4, -0.2) is 59.6 Å². The Morgan fingerprint density at radius 3 is 2.10 bits per heavy atom. The normalized spacial score (nSPS) is 13.8. The average molecular weight is 576 g/mol. The van der Waals surface area contributed by atoms with Crippen molar-refractivity contribution < 1.29 is 28.7 Å². The number of amides is 3. The maximum atomic E-state index is 14.4. The molecule has 0 heterocycles. The van der Waals surface area contributed by atoms with Gasteiger partial charge in [0.25, 0.3) is 0 Å². The molecule has 3 atom stereocenters. The lowest BCUT2D eigenvalue weighted by atomic mass is 9.93. The van der Waals surface area contributed by atoms with Crippen LogP contribution in [0.4, 0.5) is 4.79 Å². The highest BCUT2D eigenvalue weighted by Crippen LogP contribution is 2.29. The summed E-state index contributed by atoms with van der Waals surface area (Å²) in [5, 5.41) is 5.62. The summed E-state index contributed by atoms with van der Waals surface area (Å²) in [5.74, 6) is -1.06. The van der Waals surface area contributed by atoms with Gasteiger partial charge < -0.3 is 25.0 Å². The molecule has 9 heteroatoms. The number of hydrogen-bond donors (Lipinski definition) is 2. The number of benzene rings is 1. The van der Waals surface area contributed by atoms with Crippen LogP contribution in [0, 0.1) is 25.7 Å². The Hall–Kier alpha value is -3.10. The van der Waals surface area contributed by atoms with E-state index in [-0.39, 0.29) is 37.4 Å². The minimum atomic E-state index is -0.979. The van der Waals surface area contributed by atoms with E-state index in [1.165, 1.54) is 0 Å². The Morgan fingerprint density at radius 2 is 1.59 bits per heavy atom. The highest BCUT2D eigenvalue weighted by Gasteiger charge is 2.40. The number of aryl methyl sites for hydroxylation is 2. The highest BCUT2D eigenvalue weighted by molar-refractivity contribution is 5.92. The van der Waals surface area contributed by atoms with Crippen LogP contribution in [-0.2, 0) is 23.9 Å². The first-order valence-corrected chi connectivity index (χ1v) is 14.8. The van der Waals surface area contributed by atoms with Gasteiger partial charge in [0.15, 0.2) is 0 Å². The molecule has 0 aliphatic carbocycles. The van der Waals surface area contributed by atoms with Crippen molar-refractivity contribution in [2.24, 2.45) is 11.8 Å². The summed E-state index contributed by atoms with van der Waals surface area (Å²) in [4.78, 5) is 54.6. The van der Waals surface area contributed by atoms with Gasteiger partial charge in [-0.2, -0.15) is 0 Å². The van der Waals surface area contributed by atoms with E-state index < -0.39 is 35.7 Å². The van der Waals surface area contributed by atoms with Crippen LogP contribution in [0.15, 0.2) is 18.2 Å². The summed E-state index contributed by atoms with van der Waals surface area (Å²) in [6, 6.07) is 3.49. The van der Waals surface area contributed by atoms with Crippen LogP contribution >= 0.6 is 0 Å². The Kier molecular flexibility index (Phi) is 14.3. The second-order valence-corrected chi connectivity index (χ2v) is 12.5. The summed E-state index contributed by atoms with van der Waals surface area (Å²) in [6.07, 6.45) is 0.838. The number of hydrogen-bond acceptors (Lipinski definition) is 6. The zero-order valence-corrected chi connectivity index (χ0v) is 27.1. The van der Waals surface area contributed by atoms with Crippen LogP contribution in [0.1, 0.15) is 104 Å².